The molecule has 2 atom stereocenters. The maximum Gasteiger partial charge on any atom is 0.0890 e. The third-order valence-electron chi connectivity index (χ3n) is 3.56. The zero-order valence-corrected chi connectivity index (χ0v) is 8.13. The van der Waals surface area contributed by atoms with Crippen molar-refractivity contribution in [3.63, 3.8) is 0 Å². The lowest BCUT2D eigenvalue weighted by Gasteiger charge is -2.45. The van der Waals surface area contributed by atoms with E-state index >= 15 is 0 Å². The van der Waals surface area contributed by atoms with Crippen LogP contribution in [0.25, 0.3) is 0 Å². The van der Waals surface area contributed by atoms with Gasteiger partial charge in [0.1, 0.15) is 0 Å². The Balaban J connectivity index is 2.08. The second-order valence-electron chi connectivity index (χ2n) is 4.31. The fourth-order valence-electron chi connectivity index (χ4n) is 2.51. The summed E-state index contributed by atoms with van der Waals surface area (Å²) in [5.74, 6) is 0.394. The summed E-state index contributed by atoms with van der Waals surface area (Å²) in [4.78, 5) is 0. The van der Waals surface area contributed by atoms with Crippen molar-refractivity contribution in [2.75, 3.05) is 0 Å². The summed E-state index contributed by atoms with van der Waals surface area (Å²) in [7, 11) is 0. The minimum absolute atomic E-state index is 0.394. The van der Waals surface area contributed by atoms with Crippen molar-refractivity contribution in [1.82, 2.24) is 0 Å². The van der Waals surface area contributed by atoms with Crippen LogP contribution in [0.4, 0.5) is 0 Å². The molecule has 0 aromatic rings. The van der Waals surface area contributed by atoms with Crippen molar-refractivity contribution in [2.45, 2.75) is 44.1 Å². The van der Waals surface area contributed by atoms with Crippen molar-refractivity contribution in [1.29, 1.82) is 0 Å². The fraction of sp³-hybridized carbons (Fsp3) is 0.667. The second-order valence-corrected chi connectivity index (χ2v) is 4.31. The molecule has 1 saturated carbocycles. The van der Waals surface area contributed by atoms with Crippen LogP contribution in [0.15, 0.2) is 24.3 Å². The highest BCUT2D eigenvalue weighted by Gasteiger charge is 2.44. The predicted octanol–water partition coefficient (Wildman–Crippen LogP) is 2.81. The largest absolute Gasteiger partial charge is 0.385 e. The molecule has 13 heavy (non-hydrogen) atoms. The summed E-state index contributed by atoms with van der Waals surface area (Å²) >= 11 is 0. The Hall–Kier alpha value is -0.560. The first-order valence-electron chi connectivity index (χ1n) is 5.31. The van der Waals surface area contributed by atoms with E-state index in [4.69, 9.17) is 0 Å². The molecule has 0 aromatic carbocycles. The molecule has 1 heteroatoms. The first kappa shape index (κ1) is 9.01. The van der Waals surface area contributed by atoms with E-state index in [0.29, 0.717) is 5.92 Å². The average Bonchev–Trinajstić information content (AvgIpc) is 2.17. The number of allylic oxidation sites excluding steroid dienone is 1. The topological polar surface area (TPSA) is 20.2 Å². The van der Waals surface area contributed by atoms with Gasteiger partial charge in [0.25, 0.3) is 0 Å². The van der Waals surface area contributed by atoms with E-state index in [1.807, 2.05) is 0 Å². The summed E-state index contributed by atoms with van der Waals surface area (Å²) in [6.07, 6.45) is 11.1. The minimum atomic E-state index is -0.566. The van der Waals surface area contributed by atoms with E-state index in [-0.39, 0.29) is 0 Å². The molecule has 1 fully saturated rings. The first-order chi connectivity index (χ1) is 6.26. The molecule has 1 N–H and O–H groups in total. The van der Waals surface area contributed by atoms with E-state index in [1.165, 1.54) is 31.3 Å². The highest BCUT2D eigenvalue weighted by atomic mass is 16.3. The Kier molecular flexibility index (Phi) is 2.29. The summed E-state index contributed by atoms with van der Waals surface area (Å²) in [6.45, 7) is 3.72. The van der Waals surface area contributed by atoms with E-state index in [0.717, 1.165) is 12.8 Å². The number of rotatable bonds is 2. The Morgan fingerprint density at radius 2 is 2.38 bits per heavy atom. The van der Waals surface area contributed by atoms with Crippen LogP contribution >= 0.6 is 0 Å². The quantitative estimate of drug-likeness (QED) is 0.645. The van der Waals surface area contributed by atoms with Crippen LogP contribution in [0.5, 0.6) is 0 Å². The van der Waals surface area contributed by atoms with E-state index in [1.54, 1.807) is 6.08 Å². The lowest BCUT2D eigenvalue weighted by molar-refractivity contribution is -0.0352. The molecular formula is C12H18O. The fourth-order valence-corrected chi connectivity index (χ4v) is 2.51. The molecule has 0 bridgehead atoms. The lowest BCUT2D eigenvalue weighted by Crippen LogP contribution is -2.46. The van der Waals surface area contributed by atoms with Gasteiger partial charge in [0.05, 0.1) is 5.60 Å². The van der Waals surface area contributed by atoms with Gasteiger partial charge in [-0.3, -0.25) is 0 Å². The third-order valence-corrected chi connectivity index (χ3v) is 3.56. The summed E-state index contributed by atoms with van der Waals surface area (Å²) in [5, 5.41) is 10.1. The smallest absolute Gasteiger partial charge is 0.0890 e. The minimum Gasteiger partial charge on any atom is -0.385 e. The predicted molar refractivity (Wildman–Crippen MR) is 54.4 cm³/mol. The summed E-state index contributed by atoms with van der Waals surface area (Å²) in [6, 6.07) is 0. The molecule has 72 valence electrons. The van der Waals surface area contributed by atoms with Crippen LogP contribution in [0, 0.1) is 5.92 Å². The van der Waals surface area contributed by atoms with Crippen LogP contribution in [0.1, 0.15) is 38.5 Å². The zero-order chi connectivity index (χ0) is 9.31. The maximum atomic E-state index is 10.1. The van der Waals surface area contributed by atoms with Crippen LogP contribution in [-0.4, -0.2) is 10.7 Å². The van der Waals surface area contributed by atoms with Gasteiger partial charge in [0.2, 0.25) is 0 Å². The van der Waals surface area contributed by atoms with E-state index < -0.39 is 5.60 Å². The molecule has 1 nitrogen and oxygen atoms in total. The van der Waals surface area contributed by atoms with Gasteiger partial charge < -0.3 is 5.11 Å². The van der Waals surface area contributed by atoms with E-state index in [9.17, 15) is 5.11 Å². The van der Waals surface area contributed by atoms with Crippen molar-refractivity contribution >= 4 is 0 Å². The summed E-state index contributed by atoms with van der Waals surface area (Å²) in [5.41, 5.74) is 0.920. The Morgan fingerprint density at radius 1 is 1.54 bits per heavy atom. The molecule has 0 spiro atoms. The molecule has 2 aliphatic rings. The lowest BCUT2D eigenvalue weighted by atomic mass is 9.64. The zero-order valence-electron chi connectivity index (χ0n) is 8.13. The molecule has 0 aliphatic heterocycles. The number of hydrogen-bond donors (Lipinski definition) is 1. The molecule has 0 amide bonds. The van der Waals surface area contributed by atoms with Gasteiger partial charge in [0.15, 0.2) is 0 Å². The SMILES string of the molecule is C=C[C@]1(O)CC[C@@H]1C1=CCCCC1. The van der Waals surface area contributed by atoms with Crippen LogP contribution < -0.4 is 0 Å². The van der Waals surface area contributed by atoms with Gasteiger partial charge in [-0.2, -0.15) is 0 Å². The van der Waals surface area contributed by atoms with Crippen LogP contribution in [0.3, 0.4) is 0 Å². The molecule has 0 saturated heterocycles. The Bertz CT molecular complexity index is 242. The molecule has 2 rings (SSSR count). The molecule has 0 radical (unpaired) electrons. The van der Waals surface area contributed by atoms with Gasteiger partial charge in [-0.05, 0) is 38.5 Å². The molecule has 2 aliphatic carbocycles. The van der Waals surface area contributed by atoms with Crippen molar-refractivity contribution in [3.05, 3.63) is 24.3 Å². The monoisotopic (exact) mass is 178 g/mol. The van der Waals surface area contributed by atoms with Gasteiger partial charge in [0, 0.05) is 5.92 Å². The van der Waals surface area contributed by atoms with Crippen molar-refractivity contribution < 1.29 is 5.11 Å². The number of aliphatic hydroxyl groups is 1. The van der Waals surface area contributed by atoms with Crippen LogP contribution in [0.2, 0.25) is 0 Å². The van der Waals surface area contributed by atoms with Crippen molar-refractivity contribution in [3.8, 4) is 0 Å². The standard InChI is InChI=1S/C12H18O/c1-2-12(13)9-8-11(12)10-6-4-3-5-7-10/h2,6,11,13H,1,3-5,7-9H2/t11-,12+/m1/s1. The molecule has 0 aromatic heterocycles. The molecular weight excluding hydrogens is 160 g/mol. The van der Waals surface area contributed by atoms with Gasteiger partial charge in [-0.25, -0.2) is 0 Å². The van der Waals surface area contributed by atoms with Crippen molar-refractivity contribution in [2.24, 2.45) is 5.92 Å². The Morgan fingerprint density at radius 3 is 2.85 bits per heavy atom. The molecule has 0 unspecified atom stereocenters. The van der Waals surface area contributed by atoms with Gasteiger partial charge >= 0.3 is 0 Å². The van der Waals surface area contributed by atoms with Crippen LogP contribution in [-0.2, 0) is 0 Å². The van der Waals surface area contributed by atoms with E-state index in [2.05, 4.69) is 12.7 Å². The highest BCUT2D eigenvalue weighted by molar-refractivity contribution is 5.23. The maximum absolute atomic E-state index is 10.1. The Labute approximate surface area is 80.2 Å². The first-order valence-corrected chi connectivity index (χ1v) is 5.31. The highest BCUT2D eigenvalue weighted by Crippen LogP contribution is 2.46. The normalized spacial score (nSPS) is 39.2. The summed E-state index contributed by atoms with van der Waals surface area (Å²) < 4.78 is 0. The molecule has 0 heterocycles. The third kappa shape index (κ3) is 1.46. The van der Waals surface area contributed by atoms with Gasteiger partial charge in [-0.15, -0.1) is 6.58 Å². The average molecular weight is 178 g/mol. The number of hydrogen-bond acceptors (Lipinski definition) is 1. The van der Waals surface area contributed by atoms with Gasteiger partial charge in [-0.1, -0.05) is 17.7 Å². The second kappa shape index (κ2) is 3.30.